The Morgan fingerprint density at radius 1 is 1.33 bits per heavy atom. The molecule has 1 aromatic rings. The molecule has 30 heavy (non-hydrogen) atoms. The van der Waals surface area contributed by atoms with E-state index in [4.69, 9.17) is 18.9 Å². The van der Waals surface area contributed by atoms with Crippen LogP contribution in [0.4, 0.5) is 0 Å². The van der Waals surface area contributed by atoms with Crippen LogP contribution in [0.1, 0.15) is 31.9 Å². The average Bonchev–Trinajstić information content (AvgIpc) is 3.55. The van der Waals surface area contributed by atoms with Crippen LogP contribution < -0.4 is 4.74 Å². The summed E-state index contributed by atoms with van der Waals surface area (Å²) in [5.74, 6) is 1.75. The lowest BCUT2D eigenvalue weighted by Gasteiger charge is -2.54. The van der Waals surface area contributed by atoms with Crippen molar-refractivity contribution in [1.82, 2.24) is 9.88 Å². The molecule has 1 aliphatic heterocycles. The number of carbonyl (C=O) groups excluding carboxylic acids is 2. The molecule has 0 aromatic carbocycles. The number of rotatable bonds is 13. The maximum Gasteiger partial charge on any atom is 0.259 e. The van der Waals surface area contributed by atoms with Gasteiger partial charge in [-0.25, -0.2) is 0 Å². The number of hydrogen-bond donors (Lipinski definition) is 0. The molecule has 0 bridgehead atoms. The number of hydrogen-bond acceptors (Lipinski definition) is 8. The van der Waals surface area contributed by atoms with Crippen LogP contribution >= 0.6 is 11.8 Å². The lowest BCUT2D eigenvalue weighted by molar-refractivity contribution is -0.229. The Hall–Kier alpha value is -1.68. The number of pyridine rings is 1. The van der Waals surface area contributed by atoms with Gasteiger partial charge in [0.05, 0.1) is 12.6 Å². The normalized spacial score (nSPS) is 23.4. The highest BCUT2D eigenvalue weighted by atomic mass is 32.2. The topological polar surface area (TPSA) is 87.2 Å². The summed E-state index contributed by atoms with van der Waals surface area (Å²) in [6.45, 7) is 2.29. The van der Waals surface area contributed by atoms with Crippen LogP contribution in [0.5, 0.6) is 5.75 Å². The van der Waals surface area contributed by atoms with Crippen molar-refractivity contribution in [2.24, 2.45) is 5.92 Å². The standard InChI is InChI=1S/C21H30N2O6S/c1-15(24)30-12-19-21(29-14-27-3,20(25)23(19)13-26-2)11-17-10-18(6-8-22-17)28-9-7-16-4-5-16/h6,8,10,16,19H,4-5,7,9,11-14H2,1-3H3/t19-,21+/m0/s1. The summed E-state index contributed by atoms with van der Waals surface area (Å²) in [7, 11) is 3.04. The van der Waals surface area contributed by atoms with E-state index in [0.717, 1.165) is 29.9 Å². The number of aromatic nitrogens is 1. The molecule has 0 N–H and O–H groups in total. The third-order valence-electron chi connectivity index (χ3n) is 5.41. The van der Waals surface area contributed by atoms with Crippen molar-refractivity contribution in [3.05, 3.63) is 24.0 Å². The second-order valence-corrected chi connectivity index (χ2v) is 8.89. The van der Waals surface area contributed by atoms with E-state index >= 15 is 0 Å². The predicted molar refractivity (Wildman–Crippen MR) is 112 cm³/mol. The SMILES string of the molecule is COCO[C@@]1(Cc2cc(OCCC3CC3)ccn2)C(=O)N(COC)[C@H]1CSC(C)=O. The van der Waals surface area contributed by atoms with Gasteiger partial charge < -0.3 is 23.8 Å². The quantitative estimate of drug-likeness (QED) is 0.342. The third-order valence-corrected chi connectivity index (χ3v) is 6.30. The second-order valence-electron chi connectivity index (χ2n) is 7.69. The van der Waals surface area contributed by atoms with Gasteiger partial charge in [-0.1, -0.05) is 24.6 Å². The first kappa shape index (κ1) is 23.0. The molecule has 2 aliphatic rings. The Balaban J connectivity index is 1.75. The molecule has 2 heterocycles. The van der Waals surface area contributed by atoms with Gasteiger partial charge in [0, 0.05) is 51.3 Å². The molecule has 1 aliphatic carbocycles. The molecule has 166 valence electrons. The van der Waals surface area contributed by atoms with Gasteiger partial charge in [0.2, 0.25) is 0 Å². The van der Waals surface area contributed by atoms with Crippen molar-refractivity contribution in [3.8, 4) is 5.75 Å². The minimum atomic E-state index is -1.16. The van der Waals surface area contributed by atoms with Crippen LogP contribution in [0, 0.1) is 5.92 Å². The van der Waals surface area contributed by atoms with E-state index in [2.05, 4.69) is 4.98 Å². The third kappa shape index (κ3) is 5.51. The summed E-state index contributed by atoms with van der Waals surface area (Å²) in [5, 5.41) is -0.0171. The van der Waals surface area contributed by atoms with Crippen molar-refractivity contribution in [2.75, 3.05) is 40.1 Å². The average molecular weight is 439 g/mol. The van der Waals surface area contributed by atoms with Gasteiger partial charge in [-0.05, 0) is 18.4 Å². The number of methoxy groups -OCH3 is 2. The second kappa shape index (κ2) is 10.6. The minimum absolute atomic E-state index is 0.0171. The minimum Gasteiger partial charge on any atom is -0.493 e. The maximum absolute atomic E-state index is 13.1. The fourth-order valence-corrected chi connectivity index (χ4v) is 4.49. The first-order chi connectivity index (χ1) is 14.5. The molecular weight excluding hydrogens is 408 g/mol. The van der Waals surface area contributed by atoms with Gasteiger partial charge in [0.25, 0.3) is 5.91 Å². The summed E-state index contributed by atoms with van der Waals surface area (Å²) in [4.78, 5) is 30.7. The Morgan fingerprint density at radius 2 is 2.13 bits per heavy atom. The number of thioether (sulfide) groups is 1. The number of nitrogens with zero attached hydrogens (tertiary/aromatic N) is 2. The molecule has 0 spiro atoms. The van der Waals surface area contributed by atoms with Crippen molar-refractivity contribution < 1.29 is 28.5 Å². The molecule has 1 saturated carbocycles. The van der Waals surface area contributed by atoms with Gasteiger partial charge >= 0.3 is 0 Å². The van der Waals surface area contributed by atoms with Crippen LogP contribution in [0.25, 0.3) is 0 Å². The number of likely N-dealkylation sites (tertiary alicyclic amines) is 1. The van der Waals surface area contributed by atoms with E-state index < -0.39 is 5.60 Å². The smallest absolute Gasteiger partial charge is 0.259 e. The Bertz CT molecular complexity index is 744. The number of amides is 1. The highest BCUT2D eigenvalue weighted by Gasteiger charge is 2.62. The molecule has 9 heteroatoms. The van der Waals surface area contributed by atoms with Crippen LogP contribution in [-0.4, -0.2) is 72.7 Å². The van der Waals surface area contributed by atoms with Gasteiger partial charge in [0.15, 0.2) is 10.7 Å². The fourth-order valence-electron chi connectivity index (χ4n) is 3.65. The molecule has 1 amide bonds. The molecular formula is C21H30N2O6S. The van der Waals surface area contributed by atoms with Crippen molar-refractivity contribution in [3.63, 3.8) is 0 Å². The van der Waals surface area contributed by atoms with Gasteiger partial charge in [-0.2, -0.15) is 0 Å². The molecule has 1 saturated heterocycles. The molecule has 1 aromatic heterocycles. The van der Waals surface area contributed by atoms with E-state index in [1.807, 2.05) is 12.1 Å². The largest absolute Gasteiger partial charge is 0.493 e. The number of β-lactam (4-membered cyclic amide) rings is 1. The zero-order valence-electron chi connectivity index (χ0n) is 17.8. The zero-order chi connectivity index (χ0) is 21.6. The highest BCUT2D eigenvalue weighted by Crippen LogP contribution is 2.39. The van der Waals surface area contributed by atoms with Crippen molar-refractivity contribution in [1.29, 1.82) is 0 Å². The molecule has 8 nitrogen and oxygen atoms in total. The van der Waals surface area contributed by atoms with E-state index in [9.17, 15) is 9.59 Å². The summed E-state index contributed by atoms with van der Waals surface area (Å²) in [6, 6.07) is 3.34. The molecule has 0 unspecified atom stereocenters. The van der Waals surface area contributed by atoms with Crippen LogP contribution in [0.3, 0.4) is 0 Å². The predicted octanol–water partition coefficient (Wildman–Crippen LogP) is 2.26. The summed E-state index contributed by atoms with van der Waals surface area (Å²) < 4.78 is 22.1. The van der Waals surface area contributed by atoms with E-state index in [0.29, 0.717) is 18.1 Å². The summed E-state index contributed by atoms with van der Waals surface area (Å²) in [6.07, 6.45) is 5.60. The Morgan fingerprint density at radius 3 is 2.80 bits per heavy atom. The van der Waals surface area contributed by atoms with Crippen LogP contribution in [0.2, 0.25) is 0 Å². The van der Waals surface area contributed by atoms with Crippen LogP contribution in [0.15, 0.2) is 18.3 Å². The summed E-state index contributed by atoms with van der Waals surface area (Å²) in [5.41, 5.74) is -0.463. The van der Waals surface area contributed by atoms with Crippen LogP contribution in [-0.2, 0) is 30.2 Å². The first-order valence-electron chi connectivity index (χ1n) is 10.1. The maximum atomic E-state index is 13.1. The lowest BCUT2D eigenvalue weighted by Crippen LogP contribution is -2.77. The Labute approximate surface area is 181 Å². The molecule has 3 rings (SSSR count). The van der Waals surface area contributed by atoms with E-state index in [-0.39, 0.29) is 37.0 Å². The van der Waals surface area contributed by atoms with Crippen molar-refractivity contribution >= 4 is 22.8 Å². The van der Waals surface area contributed by atoms with Gasteiger partial charge in [-0.15, -0.1) is 0 Å². The Kier molecular flexibility index (Phi) is 8.10. The fraction of sp³-hybridized carbons (Fsp3) is 0.667. The number of carbonyl (C=O) groups is 2. The highest BCUT2D eigenvalue weighted by molar-refractivity contribution is 8.13. The molecule has 0 radical (unpaired) electrons. The van der Waals surface area contributed by atoms with Gasteiger partial charge in [-0.3, -0.25) is 14.6 Å². The first-order valence-corrected chi connectivity index (χ1v) is 11.1. The summed E-state index contributed by atoms with van der Waals surface area (Å²) >= 11 is 1.16. The van der Waals surface area contributed by atoms with Crippen molar-refractivity contribution in [2.45, 2.75) is 44.2 Å². The van der Waals surface area contributed by atoms with E-state index in [1.165, 1.54) is 34.0 Å². The van der Waals surface area contributed by atoms with Gasteiger partial charge in [0.1, 0.15) is 19.3 Å². The van der Waals surface area contributed by atoms with E-state index in [1.54, 1.807) is 11.1 Å². The number of ether oxygens (including phenoxy) is 4. The monoisotopic (exact) mass is 438 g/mol. The lowest BCUT2D eigenvalue weighted by atomic mass is 9.79. The zero-order valence-corrected chi connectivity index (χ0v) is 18.6. The molecule has 2 fully saturated rings. The molecule has 2 atom stereocenters.